The molecular weight excluding hydrogens is 403 g/mol. The van der Waals surface area contributed by atoms with Gasteiger partial charge in [0.1, 0.15) is 18.5 Å². The van der Waals surface area contributed by atoms with Crippen LogP contribution in [0.2, 0.25) is 0 Å². The minimum Gasteiger partial charge on any atom is -0.444 e. The molecule has 2 aliphatic rings. The highest BCUT2D eigenvalue weighted by Crippen LogP contribution is 2.32. The molecule has 8 heteroatoms. The molecule has 2 aromatic rings. The number of benzene rings is 2. The fourth-order valence-corrected chi connectivity index (χ4v) is 3.47. The number of carbonyl (C=O) groups excluding carboxylic acids is 2. The van der Waals surface area contributed by atoms with E-state index in [0.29, 0.717) is 5.69 Å². The van der Waals surface area contributed by atoms with E-state index in [1.54, 1.807) is 24.3 Å². The normalized spacial score (nSPS) is 20.1. The summed E-state index contributed by atoms with van der Waals surface area (Å²) < 4.78 is 25.4. The van der Waals surface area contributed by atoms with Crippen molar-refractivity contribution in [2.45, 2.75) is 18.8 Å². The maximum Gasteiger partial charge on any atom is 0.414 e. The van der Waals surface area contributed by atoms with Gasteiger partial charge in [0.2, 0.25) is 0 Å². The number of aliphatic hydroxyl groups is 1. The summed E-state index contributed by atoms with van der Waals surface area (Å²) in [4.78, 5) is 27.2. The first-order valence-electron chi connectivity index (χ1n) is 9.79. The van der Waals surface area contributed by atoms with Gasteiger partial charge in [-0.3, -0.25) is 9.80 Å². The van der Waals surface area contributed by atoms with Crippen LogP contribution in [0.3, 0.4) is 0 Å². The number of halogens is 1. The van der Waals surface area contributed by atoms with Crippen LogP contribution in [0.5, 0.6) is 0 Å². The lowest BCUT2D eigenvalue weighted by atomic mass is 10.0. The third-order valence-corrected chi connectivity index (χ3v) is 5.06. The van der Waals surface area contributed by atoms with Crippen molar-refractivity contribution in [1.82, 2.24) is 4.90 Å². The van der Waals surface area contributed by atoms with E-state index in [-0.39, 0.29) is 25.3 Å². The molecular formula is C23H21FN2O5. The van der Waals surface area contributed by atoms with Crippen LogP contribution in [-0.2, 0) is 16.1 Å². The molecule has 2 aromatic carbocycles. The largest absolute Gasteiger partial charge is 0.444 e. The standard InChI is InChI=1S/C23H21FN2O5/c24-20-12-17(26-13-18(14-27)31-23(26)29)9-10-19(20)21-8-4-5-11-25(21)22(28)30-15-16-6-2-1-3-7-16/h1-12,18,21,27H,13-15H2. The molecule has 0 aromatic heterocycles. The highest BCUT2D eigenvalue weighted by atomic mass is 19.1. The number of rotatable bonds is 5. The van der Waals surface area contributed by atoms with Gasteiger partial charge >= 0.3 is 12.2 Å². The van der Waals surface area contributed by atoms with Gasteiger partial charge in [-0.2, -0.15) is 0 Å². The summed E-state index contributed by atoms with van der Waals surface area (Å²) in [5.74, 6) is -0.580. The van der Waals surface area contributed by atoms with Crippen LogP contribution in [0, 0.1) is 5.82 Å². The SMILES string of the molecule is O=C1OC(CO)CN1c1ccc(C2C=CC=CN2C(=O)OCc2ccccc2)c(F)c1. The molecule has 31 heavy (non-hydrogen) atoms. The number of aliphatic hydroxyl groups excluding tert-OH is 1. The number of ether oxygens (including phenoxy) is 2. The monoisotopic (exact) mass is 424 g/mol. The lowest BCUT2D eigenvalue weighted by Gasteiger charge is -2.28. The van der Waals surface area contributed by atoms with Gasteiger partial charge in [-0.15, -0.1) is 0 Å². The van der Waals surface area contributed by atoms with Gasteiger partial charge < -0.3 is 14.6 Å². The van der Waals surface area contributed by atoms with E-state index in [4.69, 9.17) is 9.47 Å². The second-order valence-corrected chi connectivity index (χ2v) is 7.12. The summed E-state index contributed by atoms with van der Waals surface area (Å²) in [6, 6.07) is 12.9. The number of amides is 2. The van der Waals surface area contributed by atoms with Crippen molar-refractivity contribution in [2.24, 2.45) is 0 Å². The van der Waals surface area contributed by atoms with Gasteiger partial charge in [0.25, 0.3) is 0 Å². The third kappa shape index (κ3) is 4.44. The molecule has 1 saturated heterocycles. The molecule has 160 valence electrons. The Kier molecular flexibility index (Phi) is 5.99. The third-order valence-electron chi connectivity index (χ3n) is 5.06. The Hall–Kier alpha value is -3.65. The molecule has 0 saturated carbocycles. The van der Waals surface area contributed by atoms with E-state index in [1.165, 1.54) is 28.1 Å². The zero-order valence-corrected chi connectivity index (χ0v) is 16.6. The van der Waals surface area contributed by atoms with Crippen LogP contribution in [0.25, 0.3) is 0 Å². The van der Waals surface area contributed by atoms with E-state index in [9.17, 15) is 14.7 Å². The molecule has 4 rings (SSSR count). The van der Waals surface area contributed by atoms with Crippen molar-refractivity contribution in [3.63, 3.8) is 0 Å². The molecule has 2 amide bonds. The average molecular weight is 424 g/mol. The molecule has 1 fully saturated rings. The van der Waals surface area contributed by atoms with Crippen molar-refractivity contribution < 1.29 is 28.6 Å². The van der Waals surface area contributed by atoms with Gasteiger partial charge in [-0.25, -0.2) is 14.0 Å². The number of cyclic esters (lactones) is 1. The van der Waals surface area contributed by atoms with Gasteiger partial charge in [0, 0.05) is 11.8 Å². The summed E-state index contributed by atoms with van der Waals surface area (Å²) in [6.07, 6.45) is 4.73. The molecule has 0 bridgehead atoms. The van der Waals surface area contributed by atoms with E-state index < -0.39 is 30.1 Å². The molecule has 2 atom stereocenters. The maximum atomic E-state index is 15.0. The Bertz CT molecular complexity index is 1020. The number of hydrogen-bond donors (Lipinski definition) is 1. The lowest BCUT2D eigenvalue weighted by Crippen LogP contribution is -2.31. The predicted octanol–water partition coefficient (Wildman–Crippen LogP) is 3.91. The highest BCUT2D eigenvalue weighted by Gasteiger charge is 2.33. The van der Waals surface area contributed by atoms with Crippen molar-refractivity contribution in [3.05, 3.63) is 89.9 Å². The Labute approximate surface area is 178 Å². The topological polar surface area (TPSA) is 79.3 Å². The summed E-state index contributed by atoms with van der Waals surface area (Å²) in [5, 5.41) is 9.17. The van der Waals surface area contributed by atoms with E-state index in [2.05, 4.69) is 0 Å². The van der Waals surface area contributed by atoms with E-state index in [1.807, 2.05) is 30.3 Å². The van der Waals surface area contributed by atoms with E-state index in [0.717, 1.165) is 5.56 Å². The zero-order chi connectivity index (χ0) is 21.8. The Morgan fingerprint density at radius 2 is 2.00 bits per heavy atom. The Morgan fingerprint density at radius 1 is 1.19 bits per heavy atom. The quantitative estimate of drug-likeness (QED) is 0.788. The van der Waals surface area contributed by atoms with Crippen LogP contribution >= 0.6 is 0 Å². The first kappa shape index (κ1) is 20.6. The first-order chi connectivity index (χ1) is 15.1. The zero-order valence-electron chi connectivity index (χ0n) is 16.6. The number of anilines is 1. The Morgan fingerprint density at radius 3 is 2.71 bits per heavy atom. The maximum absolute atomic E-state index is 15.0. The number of carbonyl (C=O) groups is 2. The van der Waals surface area contributed by atoms with E-state index >= 15 is 4.39 Å². The van der Waals surface area contributed by atoms with Crippen LogP contribution in [0.1, 0.15) is 17.2 Å². The number of allylic oxidation sites excluding steroid dienone is 2. The van der Waals surface area contributed by atoms with Gasteiger partial charge in [-0.05, 0) is 23.8 Å². The molecule has 1 N–H and O–H groups in total. The summed E-state index contributed by atoms with van der Waals surface area (Å²) in [7, 11) is 0. The van der Waals surface area contributed by atoms with Crippen LogP contribution in [-0.4, -0.2) is 41.4 Å². The molecule has 0 spiro atoms. The first-order valence-corrected chi connectivity index (χ1v) is 9.79. The minimum absolute atomic E-state index is 0.102. The molecule has 0 radical (unpaired) electrons. The predicted molar refractivity (Wildman–Crippen MR) is 111 cm³/mol. The summed E-state index contributed by atoms with van der Waals surface area (Å²) >= 11 is 0. The van der Waals surface area contributed by atoms with Crippen molar-refractivity contribution >= 4 is 17.9 Å². The molecule has 7 nitrogen and oxygen atoms in total. The molecule has 2 aliphatic heterocycles. The minimum atomic E-state index is -0.696. The fourth-order valence-electron chi connectivity index (χ4n) is 3.47. The summed E-state index contributed by atoms with van der Waals surface area (Å²) in [6.45, 7) is -0.0643. The van der Waals surface area contributed by atoms with Crippen LogP contribution < -0.4 is 4.90 Å². The smallest absolute Gasteiger partial charge is 0.414 e. The summed E-state index contributed by atoms with van der Waals surface area (Å²) in [5.41, 5.74) is 1.42. The fraction of sp³-hybridized carbons (Fsp3) is 0.217. The van der Waals surface area contributed by atoms with Gasteiger partial charge in [-0.1, -0.05) is 48.6 Å². The highest BCUT2D eigenvalue weighted by molar-refractivity contribution is 5.89. The second-order valence-electron chi connectivity index (χ2n) is 7.12. The lowest BCUT2D eigenvalue weighted by molar-refractivity contribution is 0.0963. The van der Waals surface area contributed by atoms with Crippen molar-refractivity contribution in [2.75, 3.05) is 18.1 Å². The molecule has 2 unspecified atom stereocenters. The van der Waals surface area contributed by atoms with Gasteiger partial charge in [0.05, 0.1) is 24.9 Å². The Balaban J connectivity index is 1.50. The molecule has 2 heterocycles. The van der Waals surface area contributed by atoms with Crippen LogP contribution in [0.4, 0.5) is 19.7 Å². The number of nitrogens with zero attached hydrogens (tertiary/aromatic N) is 2. The molecule has 0 aliphatic carbocycles. The van der Waals surface area contributed by atoms with Crippen LogP contribution in [0.15, 0.2) is 73.0 Å². The number of hydrogen-bond acceptors (Lipinski definition) is 5. The van der Waals surface area contributed by atoms with Gasteiger partial charge in [0.15, 0.2) is 0 Å². The second kappa shape index (κ2) is 9.01. The average Bonchev–Trinajstić information content (AvgIpc) is 3.19. The van der Waals surface area contributed by atoms with Crippen molar-refractivity contribution in [1.29, 1.82) is 0 Å². The van der Waals surface area contributed by atoms with Crippen molar-refractivity contribution in [3.8, 4) is 0 Å².